The molecule has 1 aliphatic heterocycles. The van der Waals surface area contributed by atoms with Gasteiger partial charge in [-0.25, -0.2) is 4.79 Å². The van der Waals surface area contributed by atoms with Gasteiger partial charge in [-0.1, -0.05) is 17.7 Å². The number of halogens is 1. The summed E-state index contributed by atoms with van der Waals surface area (Å²) in [5.41, 5.74) is 1.11. The molecule has 1 N–H and O–H groups in total. The van der Waals surface area contributed by atoms with Gasteiger partial charge in [0.25, 0.3) is 5.91 Å². The van der Waals surface area contributed by atoms with Gasteiger partial charge in [0.05, 0.1) is 30.4 Å². The summed E-state index contributed by atoms with van der Waals surface area (Å²) in [6.45, 7) is 3.46. The van der Waals surface area contributed by atoms with Crippen molar-refractivity contribution in [2.24, 2.45) is 0 Å². The zero-order valence-corrected chi connectivity index (χ0v) is 21.9. The number of hydrogen-bond donors (Lipinski definition) is 1. The number of benzene rings is 2. The highest BCUT2D eigenvalue weighted by molar-refractivity contribution is 6.31. The Morgan fingerprint density at radius 1 is 1.10 bits per heavy atom. The van der Waals surface area contributed by atoms with Crippen molar-refractivity contribution in [1.82, 2.24) is 4.98 Å². The Hall–Kier alpha value is -4.63. The fraction of sp³-hybridized carbons (Fsp3) is 0.172. The van der Waals surface area contributed by atoms with Gasteiger partial charge in [-0.15, -0.1) is 0 Å². The van der Waals surface area contributed by atoms with Crippen LogP contribution >= 0.6 is 11.6 Å². The van der Waals surface area contributed by atoms with Crippen molar-refractivity contribution >= 4 is 45.9 Å². The monoisotopic (exact) mass is 546 g/mol. The molecule has 0 fully saturated rings. The number of aliphatic hydroxyl groups excluding tert-OH is 1. The van der Waals surface area contributed by atoms with E-state index in [1.54, 1.807) is 56.3 Å². The highest BCUT2D eigenvalue weighted by atomic mass is 35.5. The molecular weight excluding hydrogens is 524 g/mol. The van der Waals surface area contributed by atoms with Gasteiger partial charge >= 0.3 is 5.97 Å². The lowest BCUT2D eigenvalue weighted by Crippen LogP contribution is -2.31. The highest BCUT2D eigenvalue weighted by Crippen LogP contribution is 2.43. The minimum atomic E-state index is -1.04. The molecule has 198 valence electrons. The molecule has 39 heavy (non-hydrogen) atoms. The maximum absolute atomic E-state index is 13.9. The molecule has 1 amide bonds. The lowest BCUT2D eigenvalue weighted by atomic mass is 9.95. The van der Waals surface area contributed by atoms with E-state index in [0.29, 0.717) is 27.3 Å². The fourth-order valence-electron chi connectivity index (χ4n) is 4.51. The highest BCUT2D eigenvalue weighted by Gasteiger charge is 2.45. The smallest absolute Gasteiger partial charge is 0.338 e. The number of aliphatic hydroxyl groups is 1. The van der Waals surface area contributed by atoms with Crippen molar-refractivity contribution < 1.29 is 33.4 Å². The molecule has 1 atom stereocenters. The van der Waals surface area contributed by atoms with E-state index in [4.69, 9.17) is 25.5 Å². The molecule has 0 saturated heterocycles. The molecule has 0 spiro atoms. The summed E-state index contributed by atoms with van der Waals surface area (Å²) in [4.78, 5) is 45.2. The molecule has 4 aromatic rings. The number of pyridine rings is 1. The predicted molar refractivity (Wildman–Crippen MR) is 143 cm³/mol. The first-order valence-corrected chi connectivity index (χ1v) is 12.4. The average Bonchev–Trinajstić information content (AvgIpc) is 3.46. The summed E-state index contributed by atoms with van der Waals surface area (Å²) in [5, 5.41) is 11.9. The average molecular weight is 547 g/mol. The van der Waals surface area contributed by atoms with Crippen LogP contribution in [0.15, 0.2) is 82.7 Å². The normalized spacial score (nSPS) is 15.4. The van der Waals surface area contributed by atoms with E-state index in [2.05, 4.69) is 4.98 Å². The summed E-state index contributed by atoms with van der Waals surface area (Å²) < 4.78 is 16.5. The number of aromatic nitrogens is 1. The summed E-state index contributed by atoms with van der Waals surface area (Å²) in [6.07, 6.45) is 2.69. The van der Waals surface area contributed by atoms with Gasteiger partial charge in [0.2, 0.25) is 5.78 Å². The largest absolute Gasteiger partial charge is 0.503 e. The number of rotatable bonds is 7. The minimum Gasteiger partial charge on any atom is -0.503 e. The third-order valence-electron chi connectivity index (χ3n) is 6.17. The van der Waals surface area contributed by atoms with Crippen LogP contribution < -0.4 is 9.64 Å². The van der Waals surface area contributed by atoms with E-state index in [1.165, 1.54) is 36.5 Å². The van der Waals surface area contributed by atoms with Crippen LogP contribution in [-0.4, -0.2) is 41.0 Å². The van der Waals surface area contributed by atoms with Crippen LogP contribution in [0.4, 0.5) is 5.69 Å². The van der Waals surface area contributed by atoms with Crippen molar-refractivity contribution in [3.8, 4) is 5.75 Å². The molecule has 0 saturated carbocycles. The van der Waals surface area contributed by atoms with Crippen molar-refractivity contribution in [3.05, 3.63) is 100 Å². The molecule has 5 rings (SSSR count). The molecule has 0 radical (unpaired) electrons. The second kappa shape index (κ2) is 10.3. The lowest BCUT2D eigenvalue weighted by molar-refractivity contribution is -0.117. The number of fused-ring (bicyclic) bond motifs is 1. The zero-order valence-electron chi connectivity index (χ0n) is 21.2. The van der Waals surface area contributed by atoms with Crippen molar-refractivity contribution in [3.63, 3.8) is 0 Å². The van der Waals surface area contributed by atoms with Gasteiger partial charge in [0.15, 0.2) is 22.9 Å². The second-order valence-corrected chi connectivity index (χ2v) is 9.53. The number of carbonyl (C=O) groups is 3. The van der Waals surface area contributed by atoms with E-state index < -0.39 is 29.5 Å². The van der Waals surface area contributed by atoms with E-state index in [0.717, 1.165) is 0 Å². The molecular formula is C29H23ClN2O7. The molecule has 0 bridgehead atoms. The van der Waals surface area contributed by atoms with Crippen LogP contribution in [0.25, 0.3) is 11.0 Å². The predicted octanol–water partition coefficient (Wildman–Crippen LogP) is 5.84. The third-order valence-corrected chi connectivity index (χ3v) is 6.39. The van der Waals surface area contributed by atoms with E-state index in [9.17, 15) is 19.5 Å². The van der Waals surface area contributed by atoms with Crippen LogP contribution in [0, 0.1) is 0 Å². The Labute approximate surface area is 228 Å². The molecule has 3 heterocycles. The lowest BCUT2D eigenvalue weighted by Gasteiger charge is -2.27. The van der Waals surface area contributed by atoms with E-state index >= 15 is 0 Å². The fourth-order valence-corrected chi connectivity index (χ4v) is 4.73. The number of ether oxygens (including phenoxy) is 2. The van der Waals surface area contributed by atoms with E-state index in [1.807, 2.05) is 0 Å². The summed E-state index contributed by atoms with van der Waals surface area (Å²) in [7, 11) is 1.45. The number of ketones is 1. The van der Waals surface area contributed by atoms with Crippen LogP contribution in [0.1, 0.15) is 46.4 Å². The number of hydrogen-bond acceptors (Lipinski definition) is 8. The third kappa shape index (κ3) is 4.72. The van der Waals surface area contributed by atoms with Crippen LogP contribution in [0.5, 0.6) is 5.75 Å². The van der Waals surface area contributed by atoms with Crippen LogP contribution in [0.3, 0.4) is 0 Å². The molecule has 1 unspecified atom stereocenters. The SMILES string of the molecule is COc1cc(Cl)cc2cc(C(=O)C3=C(O)C(=O)N(c4cccc(C(=O)OC(C)C)c4)C3c3ccncc3)oc12. The maximum Gasteiger partial charge on any atom is 0.338 e. The second-order valence-electron chi connectivity index (χ2n) is 9.09. The first-order valence-electron chi connectivity index (χ1n) is 12.0. The minimum absolute atomic E-state index is 0.116. The van der Waals surface area contributed by atoms with E-state index in [-0.39, 0.29) is 28.7 Å². The van der Waals surface area contributed by atoms with Gasteiger partial charge in [-0.05, 0) is 61.9 Å². The Morgan fingerprint density at radius 3 is 2.54 bits per heavy atom. The number of furan rings is 1. The topological polar surface area (TPSA) is 119 Å². The standard InChI is InChI=1S/C29H23ClN2O7/c1-15(2)38-29(36)17-5-4-6-20(12-17)32-24(16-7-9-31-10-8-16)23(26(34)28(32)35)25(33)21-13-18-11-19(30)14-22(37-3)27(18)39-21/h4-15,24,34H,1-3H3. The van der Waals surface area contributed by atoms with Gasteiger partial charge in [0.1, 0.15) is 0 Å². The van der Waals surface area contributed by atoms with Crippen molar-refractivity contribution in [2.45, 2.75) is 26.0 Å². The summed E-state index contributed by atoms with van der Waals surface area (Å²) in [5.74, 6) is -2.60. The molecule has 2 aromatic carbocycles. The Kier molecular flexibility index (Phi) is 6.84. The number of esters is 1. The molecule has 1 aliphatic rings. The Morgan fingerprint density at radius 2 is 1.85 bits per heavy atom. The van der Waals surface area contributed by atoms with Crippen molar-refractivity contribution in [1.29, 1.82) is 0 Å². The molecule has 0 aliphatic carbocycles. The molecule has 9 nitrogen and oxygen atoms in total. The maximum atomic E-state index is 13.9. The summed E-state index contributed by atoms with van der Waals surface area (Å²) >= 11 is 6.17. The van der Waals surface area contributed by atoms with Crippen LogP contribution in [0.2, 0.25) is 5.02 Å². The van der Waals surface area contributed by atoms with Gasteiger partial charge in [-0.2, -0.15) is 0 Å². The molecule has 10 heteroatoms. The summed E-state index contributed by atoms with van der Waals surface area (Å²) in [6, 6.07) is 13.1. The Balaban J connectivity index is 1.62. The van der Waals surface area contributed by atoms with Crippen LogP contribution in [-0.2, 0) is 9.53 Å². The van der Waals surface area contributed by atoms with Gasteiger partial charge in [-0.3, -0.25) is 19.5 Å². The van der Waals surface area contributed by atoms with Gasteiger partial charge < -0.3 is 19.0 Å². The number of amides is 1. The van der Waals surface area contributed by atoms with Crippen molar-refractivity contribution in [2.75, 3.05) is 12.0 Å². The first-order chi connectivity index (χ1) is 18.7. The number of anilines is 1. The number of Topliss-reactive ketones (excluding diaryl/α,β-unsaturated/α-hetero) is 1. The first kappa shape index (κ1) is 26.0. The number of methoxy groups -OCH3 is 1. The number of carbonyl (C=O) groups excluding carboxylic acids is 3. The zero-order chi connectivity index (χ0) is 27.8. The van der Waals surface area contributed by atoms with Gasteiger partial charge in [0, 0.05) is 34.6 Å². The number of nitrogens with zero attached hydrogens (tertiary/aromatic N) is 2. The quantitative estimate of drug-likeness (QED) is 0.227. The molecule has 2 aromatic heterocycles. The Bertz CT molecular complexity index is 1640.